The number of carbonyl (C=O) groups excluding carboxylic acids is 1. The summed E-state index contributed by atoms with van der Waals surface area (Å²) in [6, 6.07) is 12.9. The van der Waals surface area contributed by atoms with E-state index < -0.39 is 5.41 Å². The standard InChI is InChI=1S/C25H27ClN2O4/c1-31-20-9-10-21(32-2)22-19(20)15-16(23(29)28-22)11-14-27-24(30)25(12-3-4-13-25)17-5-7-18(26)8-6-17/h5-10,15H,3-4,11-14H2,1-2H3,(H,27,30)(H,28,29). The predicted molar refractivity (Wildman–Crippen MR) is 126 cm³/mol. The second-order valence-corrected chi connectivity index (χ2v) is 8.62. The molecule has 4 rings (SSSR count). The third-order valence-corrected chi connectivity index (χ3v) is 6.68. The van der Waals surface area contributed by atoms with Gasteiger partial charge in [-0.3, -0.25) is 9.59 Å². The number of ether oxygens (including phenoxy) is 2. The fourth-order valence-electron chi connectivity index (χ4n) is 4.69. The van der Waals surface area contributed by atoms with Crippen LogP contribution in [0.1, 0.15) is 36.8 Å². The van der Waals surface area contributed by atoms with E-state index in [9.17, 15) is 9.59 Å². The van der Waals surface area contributed by atoms with Crippen LogP contribution in [0.5, 0.6) is 11.5 Å². The Kier molecular flexibility index (Phi) is 6.42. The predicted octanol–water partition coefficient (Wildman–Crippen LogP) is 4.37. The normalized spacial score (nSPS) is 15.0. The molecular weight excluding hydrogens is 428 g/mol. The van der Waals surface area contributed by atoms with Crippen molar-refractivity contribution < 1.29 is 14.3 Å². The van der Waals surface area contributed by atoms with E-state index in [0.29, 0.717) is 40.6 Å². The largest absolute Gasteiger partial charge is 0.496 e. The number of benzene rings is 2. The van der Waals surface area contributed by atoms with Gasteiger partial charge in [0.25, 0.3) is 5.56 Å². The number of rotatable bonds is 7. The van der Waals surface area contributed by atoms with E-state index in [2.05, 4.69) is 10.3 Å². The summed E-state index contributed by atoms with van der Waals surface area (Å²) in [4.78, 5) is 28.8. The maximum Gasteiger partial charge on any atom is 0.251 e. The molecule has 7 heteroatoms. The molecule has 1 heterocycles. The zero-order valence-electron chi connectivity index (χ0n) is 18.3. The van der Waals surface area contributed by atoms with Crippen molar-refractivity contribution in [2.75, 3.05) is 20.8 Å². The molecule has 1 aliphatic carbocycles. The lowest BCUT2D eigenvalue weighted by Crippen LogP contribution is -2.43. The van der Waals surface area contributed by atoms with Crippen LogP contribution in [-0.4, -0.2) is 31.7 Å². The molecule has 0 spiro atoms. The molecule has 0 atom stereocenters. The number of nitrogens with one attached hydrogen (secondary N) is 2. The van der Waals surface area contributed by atoms with Gasteiger partial charge in [-0.05, 0) is 55.2 Å². The first-order chi connectivity index (χ1) is 15.5. The molecule has 0 saturated heterocycles. The highest BCUT2D eigenvalue weighted by atomic mass is 35.5. The zero-order valence-corrected chi connectivity index (χ0v) is 19.1. The lowest BCUT2D eigenvalue weighted by atomic mass is 9.78. The van der Waals surface area contributed by atoms with Crippen molar-refractivity contribution in [3.05, 3.63) is 69.0 Å². The average molecular weight is 455 g/mol. The van der Waals surface area contributed by atoms with E-state index in [4.69, 9.17) is 21.1 Å². The number of aromatic nitrogens is 1. The number of halogens is 1. The number of amides is 1. The van der Waals surface area contributed by atoms with Gasteiger partial charge in [0, 0.05) is 22.5 Å². The molecule has 168 valence electrons. The zero-order chi connectivity index (χ0) is 22.7. The molecule has 0 radical (unpaired) electrons. The summed E-state index contributed by atoms with van der Waals surface area (Å²) in [6.07, 6.45) is 4.07. The van der Waals surface area contributed by atoms with Crippen molar-refractivity contribution in [2.24, 2.45) is 0 Å². The number of hydrogen-bond acceptors (Lipinski definition) is 4. The first-order valence-corrected chi connectivity index (χ1v) is 11.2. The fourth-order valence-corrected chi connectivity index (χ4v) is 4.82. The Hall–Kier alpha value is -2.99. The van der Waals surface area contributed by atoms with Gasteiger partial charge in [0.2, 0.25) is 5.91 Å². The Bertz CT molecular complexity index is 1180. The Morgan fingerprint density at radius 2 is 1.72 bits per heavy atom. The van der Waals surface area contributed by atoms with Crippen LogP contribution in [0.4, 0.5) is 0 Å². The molecule has 2 aromatic carbocycles. The summed E-state index contributed by atoms with van der Waals surface area (Å²) in [5, 5.41) is 4.50. The van der Waals surface area contributed by atoms with Gasteiger partial charge in [-0.1, -0.05) is 36.6 Å². The molecule has 32 heavy (non-hydrogen) atoms. The van der Waals surface area contributed by atoms with E-state index in [1.807, 2.05) is 30.3 Å². The highest BCUT2D eigenvalue weighted by molar-refractivity contribution is 6.30. The molecular formula is C25H27ClN2O4. The van der Waals surface area contributed by atoms with Crippen LogP contribution >= 0.6 is 11.6 Å². The summed E-state index contributed by atoms with van der Waals surface area (Å²) in [7, 11) is 3.15. The van der Waals surface area contributed by atoms with Crippen molar-refractivity contribution in [3.63, 3.8) is 0 Å². The van der Waals surface area contributed by atoms with E-state index in [0.717, 1.165) is 36.6 Å². The molecule has 1 saturated carbocycles. The molecule has 1 fully saturated rings. The third kappa shape index (κ3) is 4.07. The Morgan fingerprint density at radius 1 is 1.06 bits per heavy atom. The topological polar surface area (TPSA) is 80.4 Å². The van der Waals surface area contributed by atoms with Gasteiger partial charge in [0.05, 0.1) is 25.2 Å². The number of pyridine rings is 1. The van der Waals surface area contributed by atoms with Crippen LogP contribution < -0.4 is 20.3 Å². The summed E-state index contributed by atoms with van der Waals surface area (Å²) >= 11 is 6.04. The Morgan fingerprint density at radius 3 is 2.38 bits per heavy atom. The maximum atomic E-state index is 13.3. The van der Waals surface area contributed by atoms with Crippen LogP contribution in [0.3, 0.4) is 0 Å². The van der Waals surface area contributed by atoms with E-state index in [-0.39, 0.29) is 11.5 Å². The maximum absolute atomic E-state index is 13.3. The van der Waals surface area contributed by atoms with Gasteiger partial charge in [0.15, 0.2) is 0 Å². The second kappa shape index (κ2) is 9.25. The lowest BCUT2D eigenvalue weighted by Gasteiger charge is -2.28. The number of hydrogen-bond donors (Lipinski definition) is 2. The van der Waals surface area contributed by atoms with Crippen molar-refractivity contribution in [1.29, 1.82) is 0 Å². The number of fused-ring (bicyclic) bond motifs is 1. The van der Waals surface area contributed by atoms with Crippen LogP contribution in [0.2, 0.25) is 5.02 Å². The molecule has 6 nitrogen and oxygen atoms in total. The first kappa shape index (κ1) is 22.2. The fraction of sp³-hybridized carbons (Fsp3) is 0.360. The molecule has 0 aliphatic heterocycles. The van der Waals surface area contributed by atoms with Crippen LogP contribution in [0.25, 0.3) is 10.9 Å². The van der Waals surface area contributed by atoms with Gasteiger partial charge < -0.3 is 19.8 Å². The summed E-state index contributed by atoms with van der Waals surface area (Å²) < 4.78 is 10.8. The summed E-state index contributed by atoms with van der Waals surface area (Å²) in [6.45, 7) is 0.370. The number of methoxy groups -OCH3 is 2. The average Bonchev–Trinajstić information content (AvgIpc) is 3.30. The van der Waals surface area contributed by atoms with Crippen LogP contribution in [-0.2, 0) is 16.6 Å². The first-order valence-electron chi connectivity index (χ1n) is 10.8. The van der Waals surface area contributed by atoms with Gasteiger partial charge in [-0.15, -0.1) is 0 Å². The quantitative estimate of drug-likeness (QED) is 0.555. The van der Waals surface area contributed by atoms with E-state index in [1.165, 1.54) is 0 Å². The number of H-pyrrole nitrogens is 1. The molecule has 0 bridgehead atoms. The van der Waals surface area contributed by atoms with Gasteiger partial charge in [-0.25, -0.2) is 0 Å². The van der Waals surface area contributed by atoms with E-state index in [1.54, 1.807) is 26.4 Å². The summed E-state index contributed by atoms with van der Waals surface area (Å²) in [5.74, 6) is 1.23. The highest BCUT2D eigenvalue weighted by Gasteiger charge is 2.42. The van der Waals surface area contributed by atoms with Crippen LogP contribution in [0.15, 0.2) is 47.3 Å². The van der Waals surface area contributed by atoms with Gasteiger partial charge in [-0.2, -0.15) is 0 Å². The smallest absolute Gasteiger partial charge is 0.251 e. The Balaban J connectivity index is 1.53. The van der Waals surface area contributed by atoms with Crippen molar-refractivity contribution in [1.82, 2.24) is 10.3 Å². The minimum Gasteiger partial charge on any atom is -0.496 e. The molecule has 1 amide bonds. The van der Waals surface area contributed by atoms with Crippen LogP contribution in [0, 0.1) is 0 Å². The molecule has 3 aromatic rings. The van der Waals surface area contributed by atoms with Gasteiger partial charge >= 0.3 is 0 Å². The van der Waals surface area contributed by atoms with Crippen molar-refractivity contribution in [3.8, 4) is 11.5 Å². The third-order valence-electron chi connectivity index (χ3n) is 6.42. The lowest BCUT2D eigenvalue weighted by molar-refractivity contribution is -0.126. The van der Waals surface area contributed by atoms with Crippen molar-refractivity contribution >= 4 is 28.4 Å². The SMILES string of the molecule is COc1ccc(OC)c2[nH]c(=O)c(CCNC(=O)C3(c4ccc(Cl)cc4)CCCC3)cc12. The van der Waals surface area contributed by atoms with Gasteiger partial charge in [0.1, 0.15) is 11.5 Å². The summed E-state index contributed by atoms with van der Waals surface area (Å²) in [5.41, 5.74) is 1.44. The highest BCUT2D eigenvalue weighted by Crippen LogP contribution is 2.41. The van der Waals surface area contributed by atoms with E-state index >= 15 is 0 Å². The minimum absolute atomic E-state index is 0.00814. The molecule has 1 aromatic heterocycles. The molecule has 0 unspecified atom stereocenters. The monoisotopic (exact) mass is 454 g/mol. The molecule has 2 N–H and O–H groups in total. The Labute approximate surface area is 191 Å². The second-order valence-electron chi connectivity index (χ2n) is 8.18. The number of aromatic amines is 1. The van der Waals surface area contributed by atoms with Crippen molar-refractivity contribution in [2.45, 2.75) is 37.5 Å². The minimum atomic E-state index is -0.531. The number of carbonyl (C=O) groups is 1. The molecule has 1 aliphatic rings.